The molecule has 9 heteroatoms. The zero-order valence-electron chi connectivity index (χ0n) is 11.1. The van der Waals surface area contributed by atoms with E-state index in [-0.39, 0.29) is 30.3 Å². The zero-order chi connectivity index (χ0) is 14.8. The molecule has 0 aliphatic carbocycles. The van der Waals surface area contributed by atoms with Gasteiger partial charge in [0.2, 0.25) is 15.9 Å². The monoisotopic (exact) mass is 302 g/mol. The molecule has 0 saturated carbocycles. The largest absolute Gasteiger partial charge is 0.391 e. The van der Waals surface area contributed by atoms with E-state index in [0.717, 1.165) is 0 Å². The molecule has 2 rings (SSSR count). The van der Waals surface area contributed by atoms with Crippen molar-refractivity contribution >= 4 is 15.9 Å². The standard InChI is InChI=1S/C11H18N4O4S/c1-8(16)14-10-2-4-15(5-3-11(10)17)20(18,19)9-6-12-13-7-9/h6-7,10-11,17H,2-5H2,1H3,(H,12,13)(H,14,16)/t10-,11-/m0/s1. The highest BCUT2D eigenvalue weighted by Crippen LogP contribution is 2.19. The van der Waals surface area contributed by atoms with Crippen molar-refractivity contribution in [3.8, 4) is 0 Å². The number of rotatable bonds is 3. The van der Waals surface area contributed by atoms with Crippen molar-refractivity contribution in [1.82, 2.24) is 19.8 Å². The number of nitrogens with zero attached hydrogens (tertiary/aromatic N) is 2. The number of H-pyrrole nitrogens is 1. The Kier molecular flexibility index (Phi) is 4.41. The van der Waals surface area contributed by atoms with Gasteiger partial charge in [-0.25, -0.2) is 8.42 Å². The van der Waals surface area contributed by atoms with Crippen LogP contribution in [0.25, 0.3) is 0 Å². The van der Waals surface area contributed by atoms with Crippen LogP contribution in [0.15, 0.2) is 17.3 Å². The number of carbonyl (C=O) groups is 1. The predicted molar refractivity (Wildman–Crippen MR) is 70.2 cm³/mol. The molecule has 1 aliphatic rings. The third-order valence-electron chi connectivity index (χ3n) is 3.33. The van der Waals surface area contributed by atoms with Crippen molar-refractivity contribution < 1.29 is 18.3 Å². The van der Waals surface area contributed by atoms with Crippen molar-refractivity contribution in [3.05, 3.63) is 12.4 Å². The molecule has 3 N–H and O–H groups in total. The Balaban J connectivity index is 2.11. The maximum absolute atomic E-state index is 12.3. The molecule has 0 unspecified atom stereocenters. The molecule has 0 spiro atoms. The Hall–Kier alpha value is -1.45. The smallest absolute Gasteiger partial charge is 0.246 e. The molecule has 2 atom stereocenters. The molecule has 0 radical (unpaired) electrons. The average Bonchev–Trinajstić information content (AvgIpc) is 2.84. The summed E-state index contributed by atoms with van der Waals surface area (Å²) in [5.41, 5.74) is 0. The number of nitrogens with one attached hydrogen (secondary N) is 2. The van der Waals surface area contributed by atoms with Gasteiger partial charge in [0.1, 0.15) is 4.90 Å². The molecule has 1 fully saturated rings. The lowest BCUT2D eigenvalue weighted by Crippen LogP contribution is -2.42. The summed E-state index contributed by atoms with van der Waals surface area (Å²) in [6.45, 7) is 1.83. The number of amides is 1. The summed E-state index contributed by atoms with van der Waals surface area (Å²) in [7, 11) is -3.60. The highest BCUT2D eigenvalue weighted by atomic mass is 32.2. The van der Waals surface area contributed by atoms with Crippen LogP contribution in [0.2, 0.25) is 0 Å². The first-order chi connectivity index (χ1) is 9.41. The van der Waals surface area contributed by atoms with Crippen LogP contribution < -0.4 is 5.32 Å². The number of aliphatic hydroxyl groups is 1. The summed E-state index contributed by atoms with van der Waals surface area (Å²) in [5.74, 6) is -0.236. The van der Waals surface area contributed by atoms with Crippen LogP contribution in [0.4, 0.5) is 0 Å². The first-order valence-electron chi connectivity index (χ1n) is 6.35. The van der Waals surface area contributed by atoms with E-state index >= 15 is 0 Å². The van der Waals surface area contributed by atoms with Gasteiger partial charge < -0.3 is 10.4 Å². The summed E-state index contributed by atoms with van der Waals surface area (Å²) in [6.07, 6.45) is 2.48. The molecule has 1 amide bonds. The fraction of sp³-hybridized carbons (Fsp3) is 0.636. The SMILES string of the molecule is CC(=O)N[C@H]1CCN(S(=O)(=O)c2cn[nH]c2)CC[C@@H]1O. The number of hydrogen-bond donors (Lipinski definition) is 3. The molecule has 112 valence electrons. The van der Waals surface area contributed by atoms with Gasteiger partial charge in [0.15, 0.2) is 0 Å². The van der Waals surface area contributed by atoms with Crippen LogP contribution >= 0.6 is 0 Å². The molecule has 1 aromatic heterocycles. The van der Waals surface area contributed by atoms with Crippen molar-refractivity contribution in [3.63, 3.8) is 0 Å². The highest BCUT2D eigenvalue weighted by molar-refractivity contribution is 7.89. The second-order valence-corrected chi connectivity index (χ2v) is 6.73. The van der Waals surface area contributed by atoms with Gasteiger partial charge >= 0.3 is 0 Å². The Morgan fingerprint density at radius 2 is 2.20 bits per heavy atom. The van der Waals surface area contributed by atoms with Crippen molar-refractivity contribution in [2.24, 2.45) is 0 Å². The number of aliphatic hydroxyl groups excluding tert-OH is 1. The van der Waals surface area contributed by atoms with Gasteiger partial charge in [-0.15, -0.1) is 0 Å². The number of carbonyl (C=O) groups excluding carboxylic acids is 1. The fourth-order valence-corrected chi connectivity index (χ4v) is 3.64. The molecule has 2 heterocycles. The predicted octanol–water partition coefficient (Wildman–Crippen LogP) is -0.940. The van der Waals surface area contributed by atoms with Gasteiger partial charge in [0.25, 0.3) is 0 Å². The first-order valence-corrected chi connectivity index (χ1v) is 7.79. The van der Waals surface area contributed by atoms with Crippen LogP contribution in [-0.4, -0.2) is 59.2 Å². The number of aromatic nitrogens is 2. The Morgan fingerprint density at radius 1 is 1.50 bits per heavy atom. The first kappa shape index (κ1) is 14.9. The number of sulfonamides is 1. The van der Waals surface area contributed by atoms with Crippen molar-refractivity contribution in [2.75, 3.05) is 13.1 Å². The van der Waals surface area contributed by atoms with Crippen LogP contribution in [0, 0.1) is 0 Å². The lowest BCUT2D eigenvalue weighted by molar-refractivity contribution is -0.120. The third kappa shape index (κ3) is 3.17. The molecular weight excluding hydrogens is 284 g/mol. The van der Waals surface area contributed by atoms with E-state index in [1.165, 1.54) is 23.6 Å². The summed E-state index contributed by atoms with van der Waals surface area (Å²) in [6, 6.07) is -0.419. The van der Waals surface area contributed by atoms with E-state index in [0.29, 0.717) is 6.42 Å². The second kappa shape index (κ2) is 5.90. The quantitative estimate of drug-likeness (QED) is 0.666. The molecule has 0 aromatic carbocycles. The topological polar surface area (TPSA) is 115 Å². The molecule has 1 aliphatic heterocycles. The van der Waals surface area contributed by atoms with Crippen LogP contribution in [0.3, 0.4) is 0 Å². The van der Waals surface area contributed by atoms with Gasteiger partial charge in [-0.3, -0.25) is 9.89 Å². The van der Waals surface area contributed by atoms with Gasteiger partial charge in [0.05, 0.1) is 18.3 Å². The normalized spacial score (nSPS) is 25.1. The maximum atomic E-state index is 12.3. The van der Waals surface area contributed by atoms with E-state index in [1.807, 2.05) is 0 Å². The minimum absolute atomic E-state index is 0.102. The van der Waals surface area contributed by atoms with Crippen molar-refractivity contribution in [2.45, 2.75) is 36.8 Å². The third-order valence-corrected chi connectivity index (χ3v) is 5.19. The Labute approximate surface area is 117 Å². The molecule has 0 bridgehead atoms. The maximum Gasteiger partial charge on any atom is 0.246 e. The minimum atomic E-state index is -3.60. The number of aromatic amines is 1. The van der Waals surface area contributed by atoms with Crippen LogP contribution in [0.5, 0.6) is 0 Å². The number of hydrogen-bond acceptors (Lipinski definition) is 5. The molecular formula is C11H18N4O4S. The molecule has 8 nitrogen and oxygen atoms in total. The lowest BCUT2D eigenvalue weighted by atomic mass is 10.1. The summed E-state index contributed by atoms with van der Waals surface area (Å²) < 4.78 is 26.0. The fourth-order valence-electron chi connectivity index (χ4n) is 2.26. The van der Waals surface area contributed by atoms with Crippen LogP contribution in [-0.2, 0) is 14.8 Å². The Morgan fingerprint density at radius 3 is 2.80 bits per heavy atom. The second-order valence-electron chi connectivity index (χ2n) is 4.79. The van der Waals surface area contributed by atoms with Crippen LogP contribution in [0.1, 0.15) is 19.8 Å². The Bertz CT molecular complexity index is 557. The zero-order valence-corrected chi connectivity index (χ0v) is 11.9. The molecule has 1 aromatic rings. The van der Waals surface area contributed by atoms with Gasteiger partial charge in [0, 0.05) is 26.2 Å². The van der Waals surface area contributed by atoms with E-state index in [2.05, 4.69) is 15.5 Å². The minimum Gasteiger partial charge on any atom is -0.391 e. The van der Waals surface area contributed by atoms with E-state index < -0.39 is 22.2 Å². The lowest BCUT2D eigenvalue weighted by Gasteiger charge is -2.20. The van der Waals surface area contributed by atoms with Gasteiger partial charge in [-0.05, 0) is 12.8 Å². The highest BCUT2D eigenvalue weighted by Gasteiger charge is 2.32. The van der Waals surface area contributed by atoms with E-state index in [4.69, 9.17) is 0 Å². The van der Waals surface area contributed by atoms with E-state index in [9.17, 15) is 18.3 Å². The van der Waals surface area contributed by atoms with Gasteiger partial charge in [-0.1, -0.05) is 0 Å². The van der Waals surface area contributed by atoms with Gasteiger partial charge in [-0.2, -0.15) is 9.40 Å². The molecule has 20 heavy (non-hydrogen) atoms. The summed E-state index contributed by atoms with van der Waals surface area (Å²) in [5, 5.41) is 18.7. The summed E-state index contributed by atoms with van der Waals surface area (Å²) in [4.78, 5) is 11.2. The van der Waals surface area contributed by atoms with E-state index in [1.54, 1.807) is 0 Å². The molecule has 1 saturated heterocycles. The summed E-state index contributed by atoms with van der Waals surface area (Å²) >= 11 is 0. The van der Waals surface area contributed by atoms with Crippen molar-refractivity contribution in [1.29, 1.82) is 0 Å². The average molecular weight is 302 g/mol.